The van der Waals surface area contributed by atoms with Crippen LogP contribution >= 0.6 is 15.9 Å². The smallest absolute Gasteiger partial charge is 0.243 e. The fraction of sp³-hybridized carbons (Fsp3) is 0.538. The van der Waals surface area contributed by atoms with Crippen molar-refractivity contribution in [2.75, 3.05) is 26.2 Å². The van der Waals surface area contributed by atoms with Crippen LogP contribution in [0.5, 0.6) is 0 Å². The molecule has 7 heteroatoms. The summed E-state index contributed by atoms with van der Waals surface area (Å²) in [6.45, 7) is 1.59. The summed E-state index contributed by atoms with van der Waals surface area (Å²) < 4.78 is 27.7. The first-order chi connectivity index (χ1) is 9.55. The summed E-state index contributed by atoms with van der Waals surface area (Å²) in [5, 5.41) is 12.4. The number of nitrogens with zero attached hydrogens (tertiary/aromatic N) is 1. The lowest BCUT2D eigenvalue weighted by Crippen LogP contribution is -2.47. The first kappa shape index (κ1) is 15.9. The number of sulfonamides is 1. The van der Waals surface area contributed by atoms with Crippen molar-refractivity contribution in [2.45, 2.75) is 23.8 Å². The van der Waals surface area contributed by atoms with Gasteiger partial charge in [-0.25, -0.2) is 8.42 Å². The van der Waals surface area contributed by atoms with Crippen molar-refractivity contribution in [1.82, 2.24) is 9.62 Å². The van der Waals surface area contributed by atoms with Crippen molar-refractivity contribution >= 4 is 26.0 Å². The third-order valence-electron chi connectivity index (χ3n) is 3.46. The van der Waals surface area contributed by atoms with E-state index in [9.17, 15) is 13.5 Å². The van der Waals surface area contributed by atoms with Crippen LogP contribution in [-0.2, 0) is 10.0 Å². The quantitative estimate of drug-likeness (QED) is 0.825. The molecule has 2 N–H and O–H groups in total. The van der Waals surface area contributed by atoms with Crippen LogP contribution < -0.4 is 5.32 Å². The Morgan fingerprint density at radius 2 is 1.85 bits per heavy atom. The van der Waals surface area contributed by atoms with Crippen molar-refractivity contribution in [3.05, 3.63) is 28.7 Å². The number of benzene rings is 1. The zero-order valence-corrected chi connectivity index (χ0v) is 13.5. The number of hydrogen-bond donors (Lipinski definition) is 2. The van der Waals surface area contributed by atoms with Crippen LogP contribution in [0.2, 0.25) is 0 Å². The molecule has 0 saturated carbocycles. The second-order valence-electron chi connectivity index (χ2n) is 4.77. The topological polar surface area (TPSA) is 69.6 Å². The van der Waals surface area contributed by atoms with Crippen LogP contribution in [0.1, 0.15) is 12.8 Å². The molecular formula is C13H19BrN2O3S. The van der Waals surface area contributed by atoms with Gasteiger partial charge in [0.1, 0.15) is 0 Å². The Bertz CT molecular complexity index is 527. The summed E-state index contributed by atoms with van der Waals surface area (Å²) in [6, 6.07) is 6.56. The van der Waals surface area contributed by atoms with Crippen molar-refractivity contribution in [3.63, 3.8) is 0 Å². The van der Waals surface area contributed by atoms with Crippen molar-refractivity contribution < 1.29 is 13.5 Å². The Hall–Kier alpha value is -0.470. The molecule has 0 spiro atoms. The number of aliphatic hydroxyl groups excluding tert-OH is 1. The average molecular weight is 363 g/mol. The Balaban J connectivity index is 2.28. The molecule has 0 radical (unpaired) electrons. The Morgan fingerprint density at radius 1 is 1.25 bits per heavy atom. The minimum absolute atomic E-state index is 0.0444. The molecule has 5 nitrogen and oxygen atoms in total. The predicted octanol–water partition coefficient (Wildman–Crippen LogP) is 1.18. The fourth-order valence-electron chi connectivity index (χ4n) is 2.43. The molecule has 1 aliphatic heterocycles. The Kier molecular flexibility index (Phi) is 5.57. The maximum Gasteiger partial charge on any atom is 0.243 e. The van der Waals surface area contributed by atoms with E-state index in [1.54, 1.807) is 24.3 Å². The Morgan fingerprint density at radius 3 is 2.40 bits per heavy atom. The molecule has 0 aromatic heterocycles. The van der Waals surface area contributed by atoms with E-state index in [0.29, 0.717) is 0 Å². The molecule has 0 atom stereocenters. The molecule has 1 heterocycles. The summed E-state index contributed by atoms with van der Waals surface area (Å²) in [4.78, 5) is 0.271. The van der Waals surface area contributed by atoms with E-state index in [2.05, 4.69) is 21.2 Å². The first-order valence-corrected chi connectivity index (χ1v) is 8.88. The maximum absolute atomic E-state index is 12.7. The van der Waals surface area contributed by atoms with Crippen molar-refractivity contribution in [3.8, 4) is 0 Å². The highest BCUT2D eigenvalue weighted by Gasteiger charge is 2.31. The van der Waals surface area contributed by atoms with E-state index in [1.807, 2.05) is 0 Å². The van der Waals surface area contributed by atoms with Gasteiger partial charge in [0.05, 0.1) is 11.5 Å². The molecule has 0 amide bonds. The SMILES string of the molecule is O=S(=O)(c1ccc(Br)cc1)N(CCO)C1CCNCC1. The number of aliphatic hydroxyl groups is 1. The van der Waals surface area contributed by atoms with Gasteiger partial charge in [0.25, 0.3) is 0 Å². The molecule has 1 aliphatic rings. The van der Waals surface area contributed by atoms with Crippen LogP contribution in [-0.4, -0.2) is 50.1 Å². The predicted molar refractivity (Wildman–Crippen MR) is 81.0 cm³/mol. The van der Waals surface area contributed by atoms with E-state index in [-0.39, 0.29) is 24.1 Å². The number of rotatable bonds is 5. The third kappa shape index (κ3) is 3.59. The zero-order chi connectivity index (χ0) is 14.6. The van der Waals surface area contributed by atoms with Gasteiger partial charge in [-0.15, -0.1) is 0 Å². The van der Waals surface area contributed by atoms with Crippen molar-refractivity contribution in [1.29, 1.82) is 0 Å². The highest BCUT2D eigenvalue weighted by atomic mass is 79.9. The van der Waals surface area contributed by atoms with Gasteiger partial charge in [-0.05, 0) is 50.2 Å². The highest BCUT2D eigenvalue weighted by molar-refractivity contribution is 9.10. The largest absolute Gasteiger partial charge is 0.395 e. The van der Waals surface area contributed by atoms with Crippen molar-refractivity contribution in [2.24, 2.45) is 0 Å². The van der Waals surface area contributed by atoms with Crippen LogP contribution in [0.15, 0.2) is 33.6 Å². The average Bonchev–Trinajstić information content (AvgIpc) is 2.46. The summed E-state index contributed by atoms with van der Waals surface area (Å²) in [5.74, 6) is 0. The highest BCUT2D eigenvalue weighted by Crippen LogP contribution is 2.23. The minimum Gasteiger partial charge on any atom is -0.395 e. The van der Waals surface area contributed by atoms with Gasteiger partial charge in [-0.3, -0.25) is 0 Å². The Labute approximate surface area is 128 Å². The molecule has 2 rings (SSSR count). The molecule has 0 unspecified atom stereocenters. The minimum atomic E-state index is -3.55. The lowest BCUT2D eigenvalue weighted by atomic mass is 10.1. The molecule has 112 valence electrons. The molecule has 20 heavy (non-hydrogen) atoms. The standard InChI is InChI=1S/C13H19BrN2O3S/c14-11-1-3-13(4-2-11)20(18,19)16(9-10-17)12-5-7-15-8-6-12/h1-4,12,15,17H,5-10H2. The van der Waals surface area contributed by atoms with Crippen LogP contribution in [0, 0.1) is 0 Å². The summed E-state index contributed by atoms with van der Waals surface area (Å²) >= 11 is 3.30. The van der Waals surface area contributed by atoms with Gasteiger partial charge in [0, 0.05) is 17.1 Å². The molecule has 0 bridgehead atoms. The lowest BCUT2D eigenvalue weighted by molar-refractivity contribution is 0.204. The van der Waals surface area contributed by atoms with Gasteiger partial charge in [0.15, 0.2) is 0 Å². The number of nitrogens with one attached hydrogen (secondary N) is 1. The molecule has 1 aromatic rings. The summed E-state index contributed by atoms with van der Waals surface area (Å²) in [6.07, 6.45) is 1.55. The van der Waals surface area contributed by atoms with Crippen LogP contribution in [0.4, 0.5) is 0 Å². The van der Waals surface area contributed by atoms with Gasteiger partial charge in [-0.2, -0.15) is 4.31 Å². The molecule has 1 aromatic carbocycles. The van der Waals surface area contributed by atoms with Gasteiger partial charge < -0.3 is 10.4 Å². The van der Waals surface area contributed by atoms with Crippen LogP contribution in [0.3, 0.4) is 0 Å². The van der Waals surface area contributed by atoms with E-state index in [4.69, 9.17) is 0 Å². The first-order valence-electron chi connectivity index (χ1n) is 6.64. The van der Waals surface area contributed by atoms with Gasteiger partial charge >= 0.3 is 0 Å². The second kappa shape index (κ2) is 7.00. The molecule has 1 fully saturated rings. The van der Waals surface area contributed by atoms with Gasteiger partial charge in [-0.1, -0.05) is 15.9 Å². The lowest BCUT2D eigenvalue weighted by Gasteiger charge is -2.33. The third-order valence-corrected chi connectivity index (χ3v) is 5.95. The fourth-order valence-corrected chi connectivity index (χ4v) is 4.37. The number of halogens is 1. The summed E-state index contributed by atoms with van der Waals surface area (Å²) in [7, 11) is -3.55. The number of piperidine rings is 1. The van der Waals surface area contributed by atoms with E-state index in [1.165, 1.54) is 4.31 Å². The zero-order valence-electron chi connectivity index (χ0n) is 11.1. The van der Waals surface area contributed by atoms with Gasteiger partial charge in [0.2, 0.25) is 10.0 Å². The molecule has 0 aliphatic carbocycles. The van der Waals surface area contributed by atoms with Crippen LogP contribution in [0.25, 0.3) is 0 Å². The second-order valence-corrected chi connectivity index (χ2v) is 7.58. The summed E-state index contributed by atoms with van der Waals surface area (Å²) in [5.41, 5.74) is 0. The molecular weight excluding hydrogens is 344 g/mol. The maximum atomic E-state index is 12.7. The number of hydrogen-bond acceptors (Lipinski definition) is 4. The molecule has 1 saturated heterocycles. The van der Waals surface area contributed by atoms with E-state index in [0.717, 1.165) is 30.4 Å². The van der Waals surface area contributed by atoms with E-state index < -0.39 is 10.0 Å². The normalized spacial score (nSPS) is 17.6. The monoisotopic (exact) mass is 362 g/mol. The van der Waals surface area contributed by atoms with E-state index >= 15 is 0 Å².